The minimum Gasteiger partial charge on any atom is -0.468 e. The molecule has 1 unspecified atom stereocenters. The molecule has 1 N–H and O–H groups in total. The molecular formula is C16H18ClNO. The van der Waals surface area contributed by atoms with Gasteiger partial charge < -0.3 is 9.73 Å². The predicted molar refractivity (Wildman–Crippen MR) is 77.2 cm³/mol. The van der Waals surface area contributed by atoms with Crippen molar-refractivity contribution in [3.8, 4) is 0 Å². The molecule has 3 rings (SSSR count). The van der Waals surface area contributed by atoms with E-state index in [-0.39, 0.29) is 6.04 Å². The molecule has 1 aromatic carbocycles. The molecule has 1 heterocycles. The van der Waals surface area contributed by atoms with Crippen molar-refractivity contribution in [3.05, 3.63) is 59.0 Å². The highest BCUT2D eigenvalue weighted by Gasteiger charge is 2.33. The Morgan fingerprint density at radius 1 is 1.21 bits per heavy atom. The average molecular weight is 276 g/mol. The Balaban J connectivity index is 1.76. The first-order valence-corrected chi connectivity index (χ1v) is 7.17. The standard InChI is InChI=1S/C16H18ClNO/c1-11(15-3-2-10-19-15)18-16(12-4-5-12)13-6-8-14(17)9-7-13/h2-3,6-12,16,18H,4-5H2,1H3/t11-,16?/m1/s1. The maximum Gasteiger partial charge on any atom is 0.120 e. The Morgan fingerprint density at radius 2 is 1.95 bits per heavy atom. The zero-order valence-corrected chi connectivity index (χ0v) is 11.7. The van der Waals surface area contributed by atoms with Gasteiger partial charge in [0.2, 0.25) is 0 Å². The van der Waals surface area contributed by atoms with Crippen molar-refractivity contribution in [2.45, 2.75) is 31.8 Å². The van der Waals surface area contributed by atoms with Gasteiger partial charge in [-0.1, -0.05) is 23.7 Å². The number of nitrogens with one attached hydrogen (secondary N) is 1. The van der Waals surface area contributed by atoms with E-state index in [9.17, 15) is 0 Å². The first-order chi connectivity index (χ1) is 9.24. The molecule has 0 aliphatic heterocycles. The Labute approximate surface area is 118 Å². The van der Waals surface area contributed by atoms with Crippen LogP contribution in [0.15, 0.2) is 47.1 Å². The molecule has 0 spiro atoms. The summed E-state index contributed by atoms with van der Waals surface area (Å²) in [6, 6.07) is 12.7. The summed E-state index contributed by atoms with van der Waals surface area (Å²) in [5, 5.41) is 4.47. The van der Waals surface area contributed by atoms with Crippen LogP contribution in [0.25, 0.3) is 0 Å². The molecule has 0 amide bonds. The van der Waals surface area contributed by atoms with Crippen LogP contribution in [0.2, 0.25) is 5.02 Å². The second-order valence-electron chi connectivity index (χ2n) is 5.27. The van der Waals surface area contributed by atoms with Gasteiger partial charge in [-0.3, -0.25) is 0 Å². The van der Waals surface area contributed by atoms with Crippen LogP contribution >= 0.6 is 11.6 Å². The van der Waals surface area contributed by atoms with Crippen molar-refractivity contribution in [2.75, 3.05) is 0 Å². The largest absolute Gasteiger partial charge is 0.468 e. The number of hydrogen-bond acceptors (Lipinski definition) is 2. The van der Waals surface area contributed by atoms with E-state index in [0.29, 0.717) is 6.04 Å². The van der Waals surface area contributed by atoms with Crippen molar-refractivity contribution in [1.82, 2.24) is 5.32 Å². The molecule has 1 fully saturated rings. The third-order valence-electron chi connectivity index (χ3n) is 3.72. The van der Waals surface area contributed by atoms with Crippen LogP contribution in [0.5, 0.6) is 0 Å². The van der Waals surface area contributed by atoms with E-state index < -0.39 is 0 Å². The third-order valence-corrected chi connectivity index (χ3v) is 3.97. The number of halogens is 1. The fourth-order valence-corrected chi connectivity index (χ4v) is 2.62. The van der Waals surface area contributed by atoms with Crippen LogP contribution in [-0.4, -0.2) is 0 Å². The molecule has 1 aliphatic carbocycles. The fraction of sp³-hybridized carbons (Fsp3) is 0.375. The van der Waals surface area contributed by atoms with Gasteiger partial charge in [0.05, 0.1) is 12.3 Å². The van der Waals surface area contributed by atoms with Crippen molar-refractivity contribution in [3.63, 3.8) is 0 Å². The molecule has 0 radical (unpaired) electrons. The Kier molecular flexibility index (Phi) is 3.63. The van der Waals surface area contributed by atoms with Gasteiger partial charge in [-0.05, 0) is 55.5 Å². The monoisotopic (exact) mass is 275 g/mol. The fourth-order valence-electron chi connectivity index (χ4n) is 2.49. The molecule has 1 saturated carbocycles. The van der Waals surface area contributed by atoms with E-state index in [1.54, 1.807) is 6.26 Å². The average Bonchev–Trinajstić information content (AvgIpc) is 3.10. The Bertz CT molecular complexity index is 516. The lowest BCUT2D eigenvalue weighted by atomic mass is 10.0. The summed E-state index contributed by atoms with van der Waals surface area (Å²) in [6.07, 6.45) is 4.32. The van der Waals surface area contributed by atoms with Crippen molar-refractivity contribution >= 4 is 11.6 Å². The second-order valence-corrected chi connectivity index (χ2v) is 5.71. The molecule has 0 bridgehead atoms. The summed E-state index contributed by atoms with van der Waals surface area (Å²) in [7, 11) is 0. The highest BCUT2D eigenvalue weighted by molar-refractivity contribution is 6.30. The summed E-state index contributed by atoms with van der Waals surface area (Å²) >= 11 is 5.96. The lowest BCUT2D eigenvalue weighted by Crippen LogP contribution is -2.26. The minimum absolute atomic E-state index is 0.219. The van der Waals surface area contributed by atoms with E-state index in [1.165, 1.54) is 18.4 Å². The van der Waals surface area contributed by atoms with Gasteiger partial charge in [0, 0.05) is 11.1 Å². The molecule has 100 valence electrons. The van der Waals surface area contributed by atoms with Crippen LogP contribution in [0.1, 0.15) is 43.2 Å². The normalized spacial score (nSPS) is 18.2. The second kappa shape index (κ2) is 5.40. The molecule has 2 atom stereocenters. The van der Waals surface area contributed by atoms with E-state index in [1.807, 2.05) is 24.3 Å². The van der Waals surface area contributed by atoms with Crippen molar-refractivity contribution in [1.29, 1.82) is 0 Å². The topological polar surface area (TPSA) is 25.2 Å². The maximum atomic E-state index is 5.96. The maximum absolute atomic E-state index is 5.96. The molecule has 2 aromatic rings. The molecular weight excluding hydrogens is 258 g/mol. The quantitative estimate of drug-likeness (QED) is 0.853. The minimum atomic E-state index is 0.219. The van der Waals surface area contributed by atoms with Gasteiger partial charge in [0.25, 0.3) is 0 Å². The molecule has 3 heteroatoms. The SMILES string of the molecule is C[C@@H](NC(c1ccc(Cl)cc1)C1CC1)c1ccco1. The molecule has 2 nitrogen and oxygen atoms in total. The number of furan rings is 1. The Hall–Kier alpha value is -1.25. The predicted octanol–water partition coefficient (Wildman–Crippen LogP) is 4.73. The van der Waals surface area contributed by atoms with Crippen LogP contribution in [-0.2, 0) is 0 Å². The van der Waals surface area contributed by atoms with E-state index in [2.05, 4.69) is 24.4 Å². The number of hydrogen-bond donors (Lipinski definition) is 1. The molecule has 1 aromatic heterocycles. The van der Waals surface area contributed by atoms with Gasteiger partial charge in [0.1, 0.15) is 5.76 Å². The van der Waals surface area contributed by atoms with E-state index >= 15 is 0 Å². The Morgan fingerprint density at radius 3 is 2.53 bits per heavy atom. The smallest absolute Gasteiger partial charge is 0.120 e. The number of rotatable bonds is 5. The lowest BCUT2D eigenvalue weighted by Gasteiger charge is -2.22. The summed E-state index contributed by atoms with van der Waals surface area (Å²) < 4.78 is 5.47. The van der Waals surface area contributed by atoms with Crippen LogP contribution in [0.4, 0.5) is 0 Å². The molecule has 19 heavy (non-hydrogen) atoms. The highest BCUT2D eigenvalue weighted by Crippen LogP contribution is 2.42. The lowest BCUT2D eigenvalue weighted by molar-refractivity contribution is 0.372. The third kappa shape index (κ3) is 3.02. The zero-order valence-electron chi connectivity index (χ0n) is 11.0. The zero-order chi connectivity index (χ0) is 13.2. The van der Waals surface area contributed by atoms with Crippen molar-refractivity contribution in [2.24, 2.45) is 5.92 Å². The van der Waals surface area contributed by atoms with Gasteiger partial charge >= 0.3 is 0 Å². The van der Waals surface area contributed by atoms with E-state index in [0.717, 1.165) is 16.7 Å². The summed E-state index contributed by atoms with van der Waals surface area (Å²) in [5.74, 6) is 1.72. The van der Waals surface area contributed by atoms with Crippen molar-refractivity contribution < 1.29 is 4.42 Å². The summed E-state index contributed by atoms with van der Waals surface area (Å²) in [5.41, 5.74) is 1.31. The highest BCUT2D eigenvalue weighted by atomic mass is 35.5. The first-order valence-electron chi connectivity index (χ1n) is 6.79. The van der Waals surface area contributed by atoms with Crippen LogP contribution in [0.3, 0.4) is 0 Å². The summed E-state index contributed by atoms with van der Waals surface area (Å²) in [6.45, 7) is 2.14. The van der Waals surface area contributed by atoms with Gasteiger partial charge in [-0.15, -0.1) is 0 Å². The van der Waals surface area contributed by atoms with Gasteiger partial charge in [-0.25, -0.2) is 0 Å². The van der Waals surface area contributed by atoms with Gasteiger partial charge in [0.15, 0.2) is 0 Å². The number of benzene rings is 1. The van der Waals surface area contributed by atoms with Crippen LogP contribution in [0, 0.1) is 5.92 Å². The molecule has 1 aliphatic rings. The van der Waals surface area contributed by atoms with E-state index in [4.69, 9.17) is 16.0 Å². The summed E-state index contributed by atoms with van der Waals surface area (Å²) in [4.78, 5) is 0. The molecule has 0 saturated heterocycles. The first kappa shape index (κ1) is 12.8. The van der Waals surface area contributed by atoms with Crippen LogP contribution < -0.4 is 5.32 Å². The van der Waals surface area contributed by atoms with Gasteiger partial charge in [-0.2, -0.15) is 0 Å².